The molecule has 0 spiro atoms. The number of rotatable bonds is 5. The molecule has 2 aromatic carbocycles. The van der Waals surface area contributed by atoms with Gasteiger partial charge >= 0.3 is 0 Å². The molecule has 0 bridgehead atoms. The van der Waals surface area contributed by atoms with Crippen molar-refractivity contribution in [2.45, 2.75) is 30.7 Å². The second-order valence-electron chi connectivity index (χ2n) is 6.85. The second kappa shape index (κ2) is 7.69. The maximum absolute atomic E-state index is 13.3. The van der Waals surface area contributed by atoms with Gasteiger partial charge in [0.1, 0.15) is 27.7 Å². The van der Waals surface area contributed by atoms with Crippen LogP contribution in [0.2, 0.25) is 0 Å². The number of hydrogen-bond acceptors (Lipinski definition) is 7. The predicted molar refractivity (Wildman–Crippen MR) is 111 cm³/mol. The molecule has 1 saturated heterocycles. The van der Waals surface area contributed by atoms with E-state index in [0.29, 0.717) is 35.3 Å². The molecule has 0 aliphatic carbocycles. The number of ether oxygens (including phenoxy) is 1. The van der Waals surface area contributed by atoms with Gasteiger partial charge in [-0.1, -0.05) is 12.1 Å². The summed E-state index contributed by atoms with van der Waals surface area (Å²) in [4.78, 5) is 13.1. The minimum absolute atomic E-state index is 0.0802. The molecule has 10 heteroatoms. The standard InChI is InChI=1S/C19H20N4O4S2/c1-12-8-9-16(27-2)14(11-12)20-19(24)15-6-4-10-23(15)29(25,26)17-7-3-5-13-18(17)22-28-21-13/h3,5,7-9,11,15H,4,6,10H2,1-2H3,(H,20,24). The smallest absolute Gasteiger partial charge is 0.246 e. The van der Waals surface area contributed by atoms with Crippen LogP contribution in [0.3, 0.4) is 0 Å². The number of anilines is 1. The molecule has 1 aliphatic rings. The van der Waals surface area contributed by atoms with E-state index in [1.165, 1.54) is 17.5 Å². The molecule has 0 saturated carbocycles. The number of carbonyl (C=O) groups excluding carboxylic acids is 1. The lowest BCUT2D eigenvalue weighted by Gasteiger charge is -2.24. The maximum atomic E-state index is 13.3. The number of carbonyl (C=O) groups is 1. The number of amides is 1. The van der Waals surface area contributed by atoms with Gasteiger partial charge in [0.2, 0.25) is 15.9 Å². The minimum Gasteiger partial charge on any atom is -0.495 e. The first kappa shape index (κ1) is 19.7. The van der Waals surface area contributed by atoms with E-state index < -0.39 is 16.1 Å². The number of methoxy groups -OCH3 is 1. The van der Waals surface area contributed by atoms with Crippen molar-refractivity contribution >= 4 is 44.4 Å². The first-order chi connectivity index (χ1) is 13.9. The Morgan fingerprint density at radius 3 is 2.90 bits per heavy atom. The lowest BCUT2D eigenvalue weighted by atomic mass is 10.1. The van der Waals surface area contributed by atoms with Crippen molar-refractivity contribution in [1.29, 1.82) is 0 Å². The molecule has 152 valence electrons. The fraction of sp³-hybridized carbons (Fsp3) is 0.316. The van der Waals surface area contributed by atoms with Gasteiger partial charge in [-0.15, -0.1) is 0 Å². The van der Waals surface area contributed by atoms with E-state index in [2.05, 4.69) is 14.1 Å². The fourth-order valence-corrected chi connectivity index (χ4v) is 5.95. The third-order valence-electron chi connectivity index (χ3n) is 4.95. The van der Waals surface area contributed by atoms with Crippen LogP contribution in [0.5, 0.6) is 5.75 Å². The van der Waals surface area contributed by atoms with Crippen molar-refractivity contribution in [3.8, 4) is 5.75 Å². The molecule has 1 aromatic heterocycles. The van der Waals surface area contributed by atoms with E-state index >= 15 is 0 Å². The number of sulfonamides is 1. The van der Waals surface area contributed by atoms with Gasteiger partial charge in [-0.25, -0.2) is 8.42 Å². The highest BCUT2D eigenvalue weighted by atomic mass is 32.2. The topological polar surface area (TPSA) is 101 Å². The van der Waals surface area contributed by atoms with Crippen molar-refractivity contribution in [2.24, 2.45) is 0 Å². The summed E-state index contributed by atoms with van der Waals surface area (Å²) < 4.78 is 41.5. The zero-order valence-electron chi connectivity index (χ0n) is 16.0. The Morgan fingerprint density at radius 1 is 1.28 bits per heavy atom. The third kappa shape index (κ3) is 3.59. The van der Waals surface area contributed by atoms with Gasteiger partial charge in [0.15, 0.2) is 0 Å². The van der Waals surface area contributed by atoms with Crippen LogP contribution >= 0.6 is 11.7 Å². The highest BCUT2D eigenvalue weighted by Gasteiger charge is 2.40. The van der Waals surface area contributed by atoms with Crippen molar-refractivity contribution < 1.29 is 17.9 Å². The van der Waals surface area contributed by atoms with Gasteiger partial charge in [-0.3, -0.25) is 4.79 Å². The normalized spacial score (nSPS) is 17.5. The summed E-state index contributed by atoms with van der Waals surface area (Å²) in [7, 11) is -2.38. The van der Waals surface area contributed by atoms with Gasteiger partial charge in [0.05, 0.1) is 24.5 Å². The molecule has 3 aromatic rings. The third-order valence-corrected chi connectivity index (χ3v) is 7.44. The summed E-state index contributed by atoms with van der Waals surface area (Å²) in [6, 6.07) is 9.51. The number of benzene rings is 2. The van der Waals surface area contributed by atoms with Crippen molar-refractivity contribution in [3.63, 3.8) is 0 Å². The van der Waals surface area contributed by atoms with Crippen molar-refractivity contribution in [3.05, 3.63) is 42.0 Å². The quantitative estimate of drug-likeness (QED) is 0.665. The molecule has 29 heavy (non-hydrogen) atoms. The Balaban J connectivity index is 1.65. The van der Waals surface area contributed by atoms with Crippen LogP contribution < -0.4 is 10.1 Å². The molecule has 4 rings (SSSR count). The van der Waals surface area contributed by atoms with Gasteiger partial charge in [-0.05, 0) is 49.6 Å². The van der Waals surface area contributed by atoms with Crippen molar-refractivity contribution in [1.82, 2.24) is 13.1 Å². The van der Waals surface area contributed by atoms with Crippen LogP contribution in [0, 0.1) is 6.92 Å². The Kier molecular flexibility index (Phi) is 5.24. The number of nitrogens with zero attached hydrogens (tertiary/aromatic N) is 3. The summed E-state index contributed by atoms with van der Waals surface area (Å²) in [5.41, 5.74) is 2.34. The van der Waals surface area contributed by atoms with Gasteiger partial charge in [-0.2, -0.15) is 13.1 Å². The van der Waals surface area contributed by atoms with E-state index in [1.54, 1.807) is 24.3 Å². The van der Waals surface area contributed by atoms with Crippen LogP contribution in [0.15, 0.2) is 41.3 Å². The first-order valence-electron chi connectivity index (χ1n) is 9.10. The Bertz CT molecular complexity index is 1180. The molecule has 1 N–H and O–H groups in total. The molecule has 1 fully saturated rings. The van der Waals surface area contributed by atoms with Gasteiger partial charge < -0.3 is 10.1 Å². The zero-order chi connectivity index (χ0) is 20.6. The molecule has 1 aliphatic heterocycles. The molecule has 2 heterocycles. The van der Waals surface area contributed by atoms with E-state index in [0.717, 1.165) is 17.3 Å². The Morgan fingerprint density at radius 2 is 2.10 bits per heavy atom. The van der Waals surface area contributed by atoms with Crippen LogP contribution in [-0.2, 0) is 14.8 Å². The summed E-state index contributed by atoms with van der Waals surface area (Å²) in [6.45, 7) is 2.18. The van der Waals surface area contributed by atoms with Crippen LogP contribution in [0.25, 0.3) is 11.0 Å². The number of aromatic nitrogens is 2. The summed E-state index contributed by atoms with van der Waals surface area (Å²) >= 11 is 0.964. The molecule has 1 amide bonds. The average molecular weight is 433 g/mol. The minimum atomic E-state index is -3.90. The van der Waals surface area contributed by atoms with Crippen LogP contribution in [0.1, 0.15) is 18.4 Å². The molecular formula is C19H20N4O4S2. The van der Waals surface area contributed by atoms with E-state index in [-0.39, 0.29) is 17.3 Å². The van der Waals surface area contributed by atoms with Gasteiger partial charge in [0.25, 0.3) is 0 Å². The second-order valence-corrected chi connectivity index (χ2v) is 9.24. The molecule has 8 nitrogen and oxygen atoms in total. The average Bonchev–Trinajstić information content (AvgIpc) is 3.37. The monoisotopic (exact) mass is 432 g/mol. The fourth-order valence-electron chi connectivity index (χ4n) is 3.54. The number of nitrogens with one attached hydrogen (secondary N) is 1. The number of aryl methyl sites for hydroxylation is 1. The van der Waals surface area contributed by atoms with E-state index in [1.807, 2.05) is 13.0 Å². The number of fused-ring (bicyclic) bond motifs is 1. The SMILES string of the molecule is COc1ccc(C)cc1NC(=O)C1CCCN1S(=O)(=O)c1cccc2nsnc12. The van der Waals surface area contributed by atoms with E-state index in [9.17, 15) is 13.2 Å². The first-order valence-corrected chi connectivity index (χ1v) is 11.3. The summed E-state index contributed by atoms with van der Waals surface area (Å²) in [5, 5.41) is 2.83. The number of hydrogen-bond donors (Lipinski definition) is 1. The highest BCUT2D eigenvalue weighted by molar-refractivity contribution is 7.89. The highest BCUT2D eigenvalue weighted by Crippen LogP contribution is 2.31. The Labute approximate surface area is 172 Å². The molecule has 0 radical (unpaired) electrons. The van der Waals surface area contributed by atoms with Gasteiger partial charge in [0, 0.05) is 6.54 Å². The van der Waals surface area contributed by atoms with Crippen molar-refractivity contribution in [2.75, 3.05) is 19.0 Å². The lowest BCUT2D eigenvalue weighted by Crippen LogP contribution is -2.43. The maximum Gasteiger partial charge on any atom is 0.246 e. The predicted octanol–water partition coefficient (Wildman–Crippen LogP) is 2.80. The zero-order valence-corrected chi connectivity index (χ0v) is 17.6. The van der Waals surface area contributed by atoms with Crippen LogP contribution in [0.4, 0.5) is 5.69 Å². The molecular weight excluding hydrogens is 412 g/mol. The summed E-state index contributed by atoms with van der Waals surface area (Å²) in [5.74, 6) is 0.147. The largest absolute Gasteiger partial charge is 0.495 e. The van der Waals surface area contributed by atoms with Crippen LogP contribution in [-0.4, -0.2) is 47.1 Å². The van der Waals surface area contributed by atoms with E-state index in [4.69, 9.17) is 4.74 Å². The lowest BCUT2D eigenvalue weighted by molar-refractivity contribution is -0.119. The Hall–Kier alpha value is -2.56. The molecule has 1 unspecified atom stereocenters. The molecule has 1 atom stereocenters. The summed E-state index contributed by atoms with van der Waals surface area (Å²) in [6.07, 6.45) is 1.05.